The minimum atomic E-state index is -0.158. The Balaban J connectivity index is 1.87. The minimum Gasteiger partial charge on any atom is -0.272 e. The van der Waals surface area contributed by atoms with Crippen LogP contribution in [0.5, 0.6) is 0 Å². The van der Waals surface area contributed by atoms with Crippen LogP contribution in [-0.4, -0.2) is 16.9 Å². The Morgan fingerprint density at radius 3 is 2.65 bits per heavy atom. The molecule has 1 amide bonds. The van der Waals surface area contributed by atoms with Crippen LogP contribution in [0.2, 0.25) is 0 Å². The topological polar surface area (TPSA) is 41.5 Å². The number of nitrogens with one attached hydrogen (secondary N) is 1. The van der Waals surface area contributed by atoms with Gasteiger partial charge in [0.25, 0.3) is 5.91 Å². The van der Waals surface area contributed by atoms with Crippen LogP contribution in [0.4, 0.5) is 0 Å². The van der Waals surface area contributed by atoms with Gasteiger partial charge >= 0.3 is 0 Å². The number of halogens is 1. The molecule has 0 unspecified atom stereocenters. The van der Waals surface area contributed by atoms with Gasteiger partial charge in [0.15, 0.2) is 0 Å². The number of hydrogen-bond donors (Lipinski definition) is 1. The standard InChI is InChI=1S/C18H19BrN2OS/c1-13(16-9-6-10-17(19)11-16)20-21-18(22)14(2)23-12-15-7-4-3-5-8-15/h3-11,14H,12H2,1-2H3,(H,21,22)/b20-13-/t14-/m0/s1. The molecule has 1 N–H and O–H groups in total. The lowest BCUT2D eigenvalue weighted by Gasteiger charge is -2.10. The summed E-state index contributed by atoms with van der Waals surface area (Å²) in [6.07, 6.45) is 0. The number of nitrogens with zero attached hydrogens (tertiary/aromatic N) is 1. The van der Waals surface area contributed by atoms with E-state index in [0.717, 1.165) is 21.5 Å². The molecular formula is C18H19BrN2OS. The molecule has 2 aromatic rings. The third kappa shape index (κ3) is 5.84. The fourth-order valence-electron chi connectivity index (χ4n) is 1.88. The molecule has 0 radical (unpaired) electrons. The summed E-state index contributed by atoms with van der Waals surface area (Å²) in [5, 5.41) is 4.04. The molecule has 0 aliphatic carbocycles. The molecule has 2 rings (SSSR count). The first-order valence-electron chi connectivity index (χ1n) is 7.32. The number of carbonyl (C=O) groups excluding carboxylic acids is 1. The number of rotatable bonds is 6. The highest BCUT2D eigenvalue weighted by Gasteiger charge is 2.13. The number of thioether (sulfide) groups is 1. The van der Waals surface area contributed by atoms with Crippen LogP contribution in [0.15, 0.2) is 64.2 Å². The van der Waals surface area contributed by atoms with Crippen molar-refractivity contribution < 1.29 is 4.79 Å². The lowest BCUT2D eigenvalue weighted by atomic mass is 10.1. The Bertz CT molecular complexity index is 688. The second kappa shape index (κ2) is 8.89. The molecule has 120 valence electrons. The molecular weight excluding hydrogens is 372 g/mol. The average Bonchev–Trinajstić information content (AvgIpc) is 2.58. The largest absolute Gasteiger partial charge is 0.272 e. The Kier molecular flexibility index (Phi) is 6.86. The van der Waals surface area contributed by atoms with Gasteiger partial charge in [-0.2, -0.15) is 5.10 Å². The molecule has 5 heteroatoms. The van der Waals surface area contributed by atoms with Crippen LogP contribution in [0.1, 0.15) is 25.0 Å². The van der Waals surface area contributed by atoms with Crippen LogP contribution >= 0.6 is 27.7 Å². The molecule has 0 bridgehead atoms. The maximum Gasteiger partial charge on any atom is 0.252 e. The lowest BCUT2D eigenvalue weighted by Crippen LogP contribution is -2.27. The summed E-state index contributed by atoms with van der Waals surface area (Å²) in [5.74, 6) is 0.726. The van der Waals surface area contributed by atoms with Gasteiger partial charge in [0.1, 0.15) is 0 Å². The van der Waals surface area contributed by atoms with Gasteiger partial charge in [-0.05, 0) is 37.1 Å². The molecule has 0 saturated heterocycles. The van der Waals surface area contributed by atoms with E-state index in [4.69, 9.17) is 0 Å². The highest BCUT2D eigenvalue weighted by atomic mass is 79.9. The zero-order valence-corrected chi connectivity index (χ0v) is 15.5. The summed E-state index contributed by atoms with van der Waals surface area (Å²) in [6, 6.07) is 18.0. The highest BCUT2D eigenvalue weighted by molar-refractivity contribution is 9.10. The molecule has 0 saturated carbocycles. The van der Waals surface area contributed by atoms with Gasteiger partial charge in [-0.15, -0.1) is 11.8 Å². The van der Waals surface area contributed by atoms with Crippen molar-refractivity contribution in [1.82, 2.24) is 5.43 Å². The van der Waals surface area contributed by atoms with Gasteiger partial charge in [0, 0.05) is 10.2 Å². The van der Waals surface area contributed by atoms with Gasteiger partial charge < -0.3 is 0 Å². The van der Waals surface area contributed by atoms with E-state index in [1.54, 1.807) is 11.8 Å². The van der Waals surface area contributed by atoms with E-state index >= 15 is 0 Å². The van der Waals surface area contributed by atoms with Crippen LogP contribution in [0, 0.1) is 0 Å². The second-order valence-electron chi connectivity index (χ2n) is 5.12. The number of carbonyl (C=O) groups is 1. The monoisotopic (exact) mass is 390 g/mol. The molecule has 0 aliphatic heterocycles. The molecule has 0 spiro atoms. The van der Waals surface area contributed by atoms with E-state index in [1.807, 2.05) is 56.3 Å². The zero-order valence-electron chi connectivity index (χ0n) is 13.1. The van der Waals surface area contributed by atoms with Crippen molar-refractivity contribution in [2.45, 2.75) is 24.9 Å². The smallest absolute Gasteiger partial charge is 0.252 e. The molecule has 0 aromatic heterocycles. The molecule has 2 aromatic carbocycles. The fourth-order valence-corrected chi connectivity index (χ4v) is 3.12. The van der Waals surface area contributed by atoms with E-state index in [-0.39, 0.29) is 11.2 Å². The zero-order chi connectivity index (χ0) is 16.7. The van der Waals surface area contributed by atoms with E-state index < -0.39 is 0 Å². The maximum atomic E-state index is 12.1. The highest BCUT2D eigenvalue weighted by Crippen LogP contribution is 2.17. The Morgan fingerprint density at radius 1 is 1.22 bits per heavy atom. The van der Waals surface area contributed by atoms with Crippen LogP contribution in [0.25, 0.3) is 0 Å². The maximum absolute atomic E-state index is 12.1. The lowest BCUT2D eigenvalue weighted by molar-refractivity contribution is -0.120. The van der Waals surface area contributed by atoms with Crippen molar-refractivity contribution in [3.05, 3.63) is 70.2 Å². The Hall–Kier alpha value is -1.59. The summed E-state index contributed by atoms with van der Waals surface area (Å²) in [7, 11) is 0. The first-order valence-corrected chi connectivity index (χ1v) is 9.16. The van der Waals surface area contributed by atoms with Crippen molar-refractivity contribution >= 4 is 39.3 Å². The van der Waals surface area contributed by atoms with Gasteiger partial charge in [0.05, 0.1) is 11.0 Å². The normalized spacial score (nSPS) is 12.7. The quantitative estimate of drug-likeness (QED) is 0.577. The second-order valence-corrected chi connectivity index (χ2v) is 7.37. The number of amides is 1. The van der Waals surface area contributed by atoms with Crippen LogP contribution < -0.4 is 5.43 Å². The molecule has 23 heavy (non-hydrogen) atoms. The summed E-state index contributed by atoms with van der Waals surface area (Å²) in [4.78, 5) is 12.1. The van der Waals surface area contributed by atoms with Gasteiger partial charge in [-0.1, -0.05) is 58.4 Å². The first-order chi connectivity index (χ1) is 11.1. The van der Waals surface area contributed by atoms with E-state index in [1.165, 1.54) is 5.56 Å². The van der Waals surface area contributed by atoms with E-state index in [0.29, 0.717) is 0 Å². The van der Waals surface area contributed by atoms with Gasteiger partial charge in [-0.25, -0.2) is 5.43 Å². The molecule has 0 heterocycles. The SMILES string of the molecule is C/C(=N/NC(=O)[C@H](C)SCc1ccccc1)c1cccc(Br)c1. The molecule has 3 nitrogen and oxygen atoms in total. The molecule has 0 fully saturated rings. The van der Waals surface area contributed by atoms with E-state index in [9.17, 15) is 4.79 Å². The third-order valence-corrected chi connectivity index (χ3v) is 5.00. The van der Waals surface area contributed by atoms with Crippen molar-refractivity contribution in [3.8, 4) is 0 Å². The number of hydrogen-bond acceptors (Lipinski definition) is 3. The predicted octanol–water partition coefficient (Wildman–Crippen LogP) is 4.61. The summed E-state index contributed by atoms with van der Waals surface area (Å²) in [5.41, 5.74) is 5.62. The Labute approximate surface area is 149 Å². The predicted molar refractivity (Wildman–Crippen MR) is 102 cm³/mol. The van der Waals surface area contributed by atoms with Crippen molar-refractivity contribution in [3.63, 3.8) is 0 Å². The number of hydrazone groups is 1. The minimum absolute atomic E-state index is 0.0831. The first kappa shape index (κ1) is 17.8. The average molecular weight is 391 g/mol. The summed E-state index contributed by atoms with van der Waals surface area (Å²) >= 11 is 5.03. The van der Waals surface area contributed by atoms with Gasteiger partial charge in [-0.3, -0.25) is 4.79 Å². The summed E-state index contributed by atoms with van der Waals surface area (Å²) < 4.78 is 0.989. The molecule has 1 atom stereocenters. The Morgan fingerprint density at radius 2 is 1.96 bits per heavy atom. The van der Waals surface area contributed by atoms with Crippen molar-refractivity contribution in [2.75, 3.05) is 0 Å². The van der Waals surface area contributed by atoms with Crippen molar-refractivity contribution in [1.29, 1.82) is 0 Å². The van der Waals surface area contributed by atoms with Crippen LogP contribution in [0.3, 0.4) is 0 Å². The van der Waals surface area contributed by atoms with Crippen LogP contribution in [-0.2, 0) is 10.5 Å². The van der Waals surface area contributed by atoms with Crippen molar-refractivity contribution in [2.24, 2.45) is 5.10 Å². The van der Waals surface area contributed by atoms with Gasteiger partial charge in [0.2, 0.25) is 0 Å². The number of benzene rings is 2. The molecule has 0 aliphatic rings. The van der Waals surface area contributed by atoms with E-state index in [2.05, 4.69) is 38.6 Å². The fraction of sp³-hybridized carbons (Fsp3) is 0.222. The summed E-state index contributed by atoms with van der Waals surface area (Å²) in [6.45, 7) is 3.77. The third-order valence-electron chi connectivity index (χ3n) is 3.29.